The van der Waals surface area contributed by atoms with Crippen molar-refractivity contribution < 1.29 is 14.7 Å². The fraction of sp³-hybridized carbons (Fsp3) is 0.400. The number of nitrogens with zero attached hydrogens (tertiary/aromatic N) is 1. The van der Waals surface area contributed by atoms with E-state index in [1.54, 1.807) is 11.3 Å². The number of rotatable bonds is 6. The van der Waals surface area contributed by atoms with Gasteiger partial charge in [-0.15, -0.1) is 11.3 Å². The van der Waals surface area contributed by atoms with E-state index in [0.29, 0.717) is 13.0 Å². The standard InChI is InChI=1S/C15H16N2O3S/c18-14(9-8-10(9)15(19)20)16-7-3-6-13-17-11-4-1-2-5-12(11)21-13/h1-2,4-5,9-10H,3,6-8H2,(H,16,18)(H,19,20)/t9-,10+/m0/s1. The second-order valence-electron chi connectivity index (χ2n) is 5.26. The van der Waals surface area contributed by atoms with Crippen LogP contribution in [0.4, 0.5) is 0 Å². The molecule has 2 aromatic rings. The highest BCUT2D eigenvalue weighted by Crippen LogP contribution is 2.38. The van der Waals surface area contributed by atoms with Crippen LogP contribution in [0.25, 0.3) is 10.2 Å². The van der Waals surface area contributed by atoms with Crippen molar-refractivity contribution >= 4 is 33.4 Å². The maximum absolute atomic E-state index is 11.7. The number of aromatic nitrogens is 1. The summed E-state index contributed by atoms with van der Waals surface area (Å²) >= 11 is 1.68. The number of carbonyl (C=O) groups excluding carboxylic acids is 1. The summed E-state index contributed by atoms with van der Waals surface area (Å²) in [6.45, 7) is 0.567. The Morgan fingerprint density at radius 2 is 2.14 bits per heavy atom. The molecule has 6 heteroatoms. The monoisotopic (exact) mass is 304 g/mol. The Hall–Kier alpha value is -1.95. The lowest BCUT2D eigenvalue weighted by Gasteiger charge is -2.02. The van der Waals surface area contributed by atoms with Gasteiger partial charge in [0.05, 0.1) is 27.1 Å². The quantitative estimate of drug-likeness (QED) is 0.801. The summed E-state index contributed by atoms with van der Waals surface area (Å²) < 4.78 is 1.18. The fourth-order valence-electron chi connectivity index (χ4n) is 2.37. The number of para-hydroxylation sites is 1. The van der Waals surface area contributed by atoms with Gasteiger partial charge in [-0.25, -0.2) is 4.98 Å². The molecule has 0 saturated heterocycles. The van der Waals surface area contributed by atoms with E-state index in [1.165, 1.54) is 4.70 Å². The maximum atomic E-state index is 11.7. The van der Waals surface area contributed by atoms with Crippen LogP contribution in [0, 0.1) is 11.8 Å². The van der Waals surface area contributed by atoms with Crippen molar-refractivity contribution in [1.29, 1.82) is 0 Å². The first-order valence-corrected chi connectivity index (χ1v) is 7.82. The average molecular weight is 304 g/mol. The van der Waals surface area contributed by atoms with Crippen LogP contribution < -0.4 is 5.32 Å². The largest absolute Gasteiger partial charge is 0.481 e. The van der Waals surface area contributed by atoms with Crippen molar-refractivity contribution in [3.63, 3.8) is 0 Å². The van der Waals surface area contributed by atoms with Crippen molar-refractivity contribution in [3.8, 4) is 0 Å². The number of benzene rings is 1. The number of hydrogen-bond acceptors (Lipinski definition) is 4. The zero-order valence-electron chi connectivity index (χ0n) is 11.4. The summed E-state index contributed by atoms with van der Waals surface area (Å²) in [6.07, 6.45) is 2.11. The second-order valence-corrected chi connectivity index (χ2v) is 6.37. The van der Waals surface area contributed by atoms with Crippen molar-refractivity contribution in [3.05, 3.63) is 29.3 Å². The summed E-state index contributed by atoms with van der Waals surface area (Å²) in [4.78, 5) is 26.9. The lowest BCUT2D eigenvalue weighted by molar-refractivity contribution is -0.140. The van der Waals surface area contributed by atoms with E-state index < -0.39 is 11.9 Å². The predicted octanol–water partition coefficient (Wildman–Crippen LogP) is 2.07. The number of carbonyl (C=O) groups is 2. The van der Waals surface area contributed by atoms with Gasteiger partial charge in [0.25, 0.3) is 0 Å². The molecule has 0 spiro atoms. The van der Waals surface area contributed by atoms with Crippen molar-refractivity contribution in [2.45, 2.75) is 19.3 Å². The van der Waals surface area contributed by atoms with Crippen LogP contribution in [0.2, 0.25) is 0 Å². The van der Waals surface area contributed by atoms with Gasteiger partial charge in [0.15, 0.2) is 0 Å². The molecule has 5 nitrogen and oxygen atoms in total. The van der Waals surface area contributed by atoms with Crippen LogP contribution in [0.5, 0.6) is 0 Å². The Morgan fingerprint density at radius 3 is 2.86 bits per heavy atom. The van der Waals surface area contributed by atoms with Crippen molar-refractivity contribution in [2.75, 3.05) is 6.54 Å². The number of thiazole rings is 1. The van der Waals surface area contributed by atoms with Crippen LogP contribution in [-0.4, -0.2) is 28.5 Å². The van der Waals surface area contributed by atoms with E-state index in [1.807, 2.05) is 18.2 Å². The van der Waals surface area contributed by atoms with E-state index in [2.05, 4.69) is 16.4 Å². The van der Waals surface area contributed by atoms with E-state index >= 15 is 0 Å². The number of aliphatic carboxylic acids is 1. The molecule has 0 aliphatic heterocycles. The molecule has 1 aliphatic rings. The summed E-state index contributed by atoms with van der Waals surface area (Å²) in [6, 6.07) is 8.02. The van der Waals surface area contributed by atoms with Gasteiger partial charge in [-0.05, 0) is 25.0 Å². The Balaban J connectivity index is 1.42. The molecule has 110 valence electrons. The maximum Gasteiger partial charge on any atom is 0.307 e. The third-order valence-corrected chi connectivity index (χ3v) is 4.75. The molecule has 0 radical (unpaired) electrons. The van der Waals surface area contributed by atoms with E-state index in [9.17, 15) is 9.59 Å². The molecule has 1 aromatic heterocycles. The molecule has 2 atom stereocenters. The van der Waals surface area contributed by atoms with Crippen LogP contribution in [-0.2, 0) is 16.0 Å². The minimum Gasteiger partial charge on any atom is -0.481 e. The minimum atomic E-state index is -0.871. The minimum absolute atomic E-state index is 0.133. The molecule has 2 N–H and O–H groups in total. The molecular weight excluding hydrogens is 288 g/mol. The molecule has 1 aromatic carbocycles. The number of fused-ring (bicyclic) bond motifs is 1. The van der Waals surface area contributed by atoms with Crippen LogP contribution in [0.3, 0.4) is 0 Å². The highest BCUT2D eigenvalue weighted by molar-refractivity contribution is 7.18. The fourth-order valence-corrected chi connectivity index (χ4v) is 3.38. The summed E-state index contributed by atoms with van der Waals surface area (Å²) in [7, 11) is 0. The van der Waals surface area contributed by atoms with Gasteiger partial charge in [-0.3, -0.25) is 9.59 Å². The number of carboxylic acid groups (broad SMARTS) is 1. The third kappa shape index (κ3) is 3.21. The zero-order valence-corrected chi connectivity index (χ0v) is 12.2. The van der Waals surface area contributed by atoms with Gasteiger partial charge < -0.3 is 10.4 Å². The highest BCUT2D eigenvalue weighted by atomic mass is 32.1. The second kappa shape index (κ2) is 5.81. The number of amides is 1. The topological polar surface area (TPSA) is 79.3 Å². The molecular formula is C15H16N2O3S. The molecule has 0 unspecified atom stereocenters. The molecule has 1 heterocycles. The first-order chi connectivity index (χ1) is 10.1. The third-order valence-electron chi connectivity index (χ3n) is 3.65. The Kier molecular flexibility index (Phi) is 3.88. The lowest BCUT2D eigenvalue weighted by Crippen LogP contribution is -2.27. The van der Waals surface area contributed by atoms with Gasteiger partial charge in [0.1, 0.15) is 0 Å². The van der Waals surface area contributed by atoms with E-state index in [4.69, 9.17) is 5.11 Å². The smallest absolute Gasteiger partial charge is 0.307 e. The van der Waals surface area contributed by atoms with Crippen LogP contribution >= 0.6 is 11.3 Å². The summed E-state index contributed by atoms with van der Waals surface area (Å²) in [5, 5.41) is 12.7. The molecule has 21 heavy (non-hydrogen) atoms. The van der Waals surface area contributed by atoms with Gasteiger partial charge >= 0.3 is 5.97 Å². The van der Waals surface area contributed by atoms with Crippen LogP contribution in [0.1, 0.15) is 17.8 Å². The Morgan fingerprint density at radius 1 is 1.33 bits per heavy atom. The molecule has 1 amide bonds. The molecule has 1 aliphatic carbocycles. The Bertz CT molecular complexity index is 649. The van der Waals surface area contributed by atoms with Crippen molar-refractivity contribution in [1.82, 2.24) is 10.3 Å². The normalized spacial score (nSPS) is 20.4. The SMILES string of the molecule is O=C(NCCCc1nc2ccccc2s1)[C@H]1C[C@H]1C(=O)O. The van der Waals surface area contributed by atoms with Crippen molar-refractivity contribution in [2.24, 2.45) is 11.8 Å². The number of aryl methyl sites for hydroxylation is 1. The van der Waals surface area contributed by atoms with Gasteiger partial charge in [-0.1, -0.05) is 12.1 Å². The van der Waals surface area contributed by atoms with E-state index in [0.717, 1.165) is 23.4 Å². The van der Waals surface area contributed by atoms with Gasteiger partial charge in [0.2, 0.25) is 5.91 Å². The molecule has 0 bridgehead atoms. The number of carboxylic acids is 1. The average Bonchev–Trinajstić information content (AvgIpc) is 3.17. The highest BCUT2D eigenvalue weighted by Gasteiger charge is 2.48. The Labute approximate surface area is 126 Å². The lowest BCUT2D eigenvalue weighted by atomic mass is 10.2. The van der Waals surface area contributed by atoms with E-state index in [-0.39, 0.29) is 11.8 Å². The molecule has 1 saturated carbocycles. The molecule has 3 rings (SSSR count). The summed E-state index contributed by atoms with van der Waals surface area (Å²) in [5.74, 6) is -1.81. The van der Waals surface area contributed by atoms with Crippen LogP contribution in [0.15, 0.2) is 24.3 Å². The number of hydrogen-bond donors (Lipinski definition) is 2. The zero-order chi connectivity index (χ0) is 14.8. The van der Waals surface area contributed by atoms with Gasteiger partial charge in [0, 0.05) is 13.0 Å². The predicted molar refractivity (Wildman–Crippen MR) is 80.2 cm³/mol. The summed E-state index contributed by atoms with van der Waals surface area (Å²) in [5.41, 5.74) is 1.02. The molecule has 1 fully saturated rings. The first kappa shape index (κ1) is 14.0. The first-order valence-electron chi connectivity index (χ1n) is 7.00. The number of nitrogens with one attached hydrogen (secondary N) is 1. The van der Waals surface area contributed by atoms with Gasteiger partial charge in [-0.2, -0.15) is 0 Å².